The number of nitrogens with zero attached hydrogens (tertiary/aromatic N) is 1. The number of carbonyl (C=O) groups is 2. The molecule has 20 heavy (non-hydrogen) atoms. The van der Waals surface area contributed by atoms with Gasteiger partial charge in [-0.05, 0) is 25.1 Å². The molecule has 1 aromatic carbocycles. The summed E-state index contributed by atoms with van der Waals surface area (Å²) in [6, 6.07) is 4.25. The summed E-state index contributed by atoms with van der Waals surface area (Å²) in [6.45, 7) is 2.64. The van der Waals surface area contributed by atoms with Gasteiger partial charge in [0.1, 0.15) is 0 Å². The largest absolute Gasteiger partial charge is 0.478 e. The number of thioether (sulfide) groups is 1. The number of halogens is 1. The number of carboxylic acids is 1. The van der Waals surface area contributed by atoms with Crippen LogP contribution in [0.5, 0.6) is 0 Å². The highest BCUT2D eigenvalue weighted by molar-refractivity contribution is 7.99. The Bertz CT molecular complexity index is 538. The number of anilines is 1. The number of urea groups is 1. The molecule has 2 N–H and O–H groups in total. The fourth-order valence-corrected chi connectivity index (χ4v) is 3.20. The fraction of sp³-hybridized carbons (Fsp3) is 0.385. The van der Waals surface area contributed by atoms with Crippen LogP contribution in [0.1, 0.15) is 17.3 Å². The van der Waals surface area contributed by atoms with Gasteiger partial charge in [-0.2, -0.15) is 11.8 Å². The van der Waals surface area contributed by atoms with Crippen LogP contribution in [-0.4, -0.2) is 46.1 Å². The summed E-state index contributed by atoms with van der Waals surface area (Å²) in [5.74, 6) is 0.661. The third-order valence-electron chi connectivity index (χ3n) is 3.08. The summed E-state index contributed by atoms with van der Waals surface area (Å²) in [6.07, 6.45) is 0. The van der Waals surface area contributed by atoms with Gasteiger partial charge in [-0.15, -0.1) is 0 Å². The Morgan fingerprint density at radius 1 is 1.50 bits per heavy atom. The second-order valence-corrected chi connectivity index (χ2v) is 6.13. The van der Waals surface area contributed by atoms with Crippen LogP contribution >= 0.6 is 23.4 Å². The minimum Gasteiger partial charge on any atom is -0.478 e. The van der Waals surface area contributed by atoms with E-state index in [0.717, 1.165) is 11.5 Å². The Morgan fingerprint density at radius 3 is 2.90 bits per heavy atom. The molecule has 1 aliphatic heterocycles. The van der Waals surface area contributed by atoms with Crippen molar-refractivity contribution in [2.75, 3.05) is 23.4 Å². The molecule has 1 atom stereocenters. The number of aromatic carboxylic acids is 1. The van der Waals surface area contributed by atoms with E-state index in [0.29, 0.717) is 11.6 Å². The van der Waals surface area contributed by atoms with Crippen molar-refractivity contribution in [2.24, 2.45) is 0 Å². The first-order chi connectivity index (χ1) is 9.49. The number of hydrogen-bond acceptors (Lipinski definition) is 3. The third-order valence-corrected chi connectivity index (χ3v) is 4.51. The van der Waals surface area contributed by atoms with E-state index in [4.69, 9.17) is 16.7 Å². The smallest absolute Gasteiger partial charge is 0.337 e. The van der Waals surface area contributed by atoms with Crippen molar-refractivity contribution < 1.29 is 14.7 Å². The zero-order valence-electron chi connectivity index (χ0n) is 10.9. The summed E-state index contributed by atoms with van der Waals surface area (Å²) in [5.41, 5.74) is 0.252. The second kappa shape index (κ2) is 6.37. The first-order valence-electron chi connectivity index (χ1n) is 6.17. The summed E-state index contributed by atoms with van der Waals surface area (Å²) < 4.78 is 0. The molecule has 0 radical (unpaired) electrons. The molecule has 1 fully saturated rings. The molecule has 0 aromatic heterocycles. The second-order valence-electron chi connectivity index (χ2n) is 4.54. The van der Waals surface area contributed by atoms with Gasteiger partial charge in [0, 0.05) is 29.1 Å². The molecule has 0 saturated carbocycles. The third kappa shape index (κ3) is 3.37. The molecule has 0 spiro atoms. The van der Waals surface area contributed by atoms with E-state index < -0.39 is 5.97 Å². The Labute approximate surface area is 126 Å². The van der Waals surface area contributed by atoms with E-state index in [1.165, 1.54) is 12.1 Å². The molecular formula is C13H15ClN2O3S. The Hall–Kier alpha value is -1.40. The van der Waals surface area contributed by atoms with Crippen molar-refractivity contribution in [3.8, 4) is 0 Å². The fourth-order valence-electron chi connectivity index (χ4n) is 2.02. The predicted molar refractivity (Wildman–Crippen MR) is 80.9 cm³/mol. The van der Waals surface area contributed by atoms with E-state index in [1.54, 1.807) is 11.0 Å². The normalized spacial score (nSPS) is 18.7. The van der Waals surface area contributed by atoms with Gasteiger partial charge in [0.05, 0.1) is 11.3 Å². The number of amides is 2. The molecule has 1 aliphatic rings. The molecule has 108 valence electrons. The minimum atomic E-state index is -1.12. The number of carboxylic acid groups (broad SMARTS) is 1. The van der Waals surface area contributed by atoms with Crippen molar-refractivity contribution in [1.82, 2.24) is 4.90 Å². The highest BCUT2D eigenvalue weighted by atomic mass is 35.5. The zero-order chi connectivity index (χ0) is 14.7. The van der Waals surface area contributed by atoms with E-state index in [9.17, 15) is 9.59 Å². The number of benzene rings is 1. The van der Waals surface area contributed by atoms with Gasteiger partial charge in [-0.3, -0.25) is 0 Å². The molecule has 0 aliphatic carbocycles. The Kier molecular flexibility index (Phi) is 4.77. The van der Waals surface area contributed by atoms with Crippen LogP contribution in [0.4, 0.5) is 10.5 Å². The maximum Gasteiger partial charge on any atom is 0.337 e. The van der Waals surface area contributed by atoms with Crippen molar-refractivity contribution >= 4 is 41.1 Å². The van der Waals surface area contributed by atoms with E-state index >= 15 is 0 Å². The van der Waals surface area contributed by atoms with Crippen LogP contribution in [0.25, 0.3) is 0 Å². The Balaban J connectivity index is 2.17. The van der Waals surface area contributed by atoms with E-state index in [-0.39, 0.29) is 23.3 Å². The van der Waals surface area contributed by atoms with Gasteiger partial charge in [0.15, 0.2) is 0 Å². The van der Waals surface area contributed by atoms with Crippen LogP contribution < -0.4 is 5.32 Å². The maximum absolute atomic E-state index is 12.2. The molecule has 1 heterocycles. The van der Waals surface area contributed by atoms with Crippen LogP contribution in [0.15, 0.2) is 18.2 Å². The van der Waals surface area contributed by atoms with Gasteiger partial charge in [-0.1, -0.05) is 11.6 Å². The quantitative estimate of drug-likeness (QED) is 0.880. The number of nitrogens with one attached hydrogen (secondary N) is 1. The van der Waals surface area contributed by atoms with Crippen LogP contribution in [0, 0.1) is 0 Å². The lowest BCUT2D eigenvalue weighted by Gasteiger charge is -2.33. The predicted octanol–water partition coefficient (Wildman–Crippen LogP) is 3.01. The van der Waals surface area contributed by atoms with Gasteiger partial charge in [0.2, 0.25) is 0 Å². The first kappa shape index (κ1) is 15.0. The van der Waals surface area contributed by atoms with Crippen molar-refractivity contribution in [3.05, 3.63) is 28.8 Å². The standard InChI is InChI=1S/C13H15ClN2O3S/c1-8-7-20-5-4-16(8)13(19)15-11-3-2-9(14)6-10(11)12(17)18/h2-3,6,8H,4-5,7H2,1H3,(H,15,19)(H,17,18). The molecule has 1 aromatic rings. The summed E-state index contributed by atoms with van der Waals surface area (Å²) in [5, 5.41) is 12.1. The van der Waals surface area contributed by atoms with Gasteiger partial charge in [-0.25, -0.2) is 9.59 Å². The topological polar surface area (TPSA) is 69.6 Å². The van der Waals surface area contributed by atoms with Crippen molar-refractivity contribution in [3.63, 3.8) is 0 Å². The van der Waals surface area contributed by atoms with E-state index in [1.807, 2.05) is 18.7 Å². The van der Waals surface area contributed by atoms with Gasteiger partial charge in [0.25, 0.3) is 0 Å². The van der Waals surface area contributed by atoms with Crippen molar-refractivity contribution in [1.29, 1.82) is 0 Å². The average Bonchev–Trinajstić information content (AvgIpc) is 2.41. The lowest BCUT2D eigenvalue weighted by molar-refractivity contribution is 0.0698. The van der Waals surface area contributed by atoms with Crippen LogP contribution in [-0.2, 0) is 0 Å². The van der Waals surface area contributed by atoms with E-state index in [2.05, 4.69) is 5.32 Å². The highest BCUT2D eigenvalue weighted by Gasteiger charge is 2.24. The van der Waals surface area contributed by atoms with Crippen molar-refractivity contribution in [2.45, 2.75) is 13.0 Å². The summed E-state index contributed by atoms with van der Waals surface area (Å²) in [4.78, 5) is 25.1. The molecule has 2 amide bonds. The minimum absolute atomic E-state index is 0.00936. The monoisotopic (exact) mass is 314 g/mol. The first-order valence-corrected chi connectivity index (χ1v) is 7.70. The summed E-state index contributed by atoms with van der Waals surface area (Å²) >= 11 is 7.59. The van der Waals surface area contributed by atoms with Crippen LogP contribution in [0.2, 0.25) is 5.02 Å². The van der Waals surface area contributed by atoms with Gasteiger partial charge < -0.3 is 15.3 Å². The molecule has 7 heteroatoms. The molecular weight excluding hydrogens is 300 g/mol. The van der Waals surface area contributed by atoms with Crippen LogP contribution in [0.3, 0.4) is 0 Å². The average molecular weight is 315 g/mol. The SMILES string of the molecule is CC1CSCCN1C(=O)Nc1ccc(Cl)cc1C(=O)O. The molecule has 0 bridgehead atoms. The zero-order valence-corrected chi connectivity index (χ0v) is 12.5. The molecule has 2 rings (SSSR count). The summed E-state index contributed by atoms with van der Waals surface area (Å²) in [7, 11) is 0. The Morgan fingerprint density at radius 2 is 2.25 bits per heavy atom. The highest BCUT2D eigenvalue weighted by Crippen LogP contribution is 2.22. The molecule has 5 nitrogen and oxygen atoms in total. The number of rotatable bonds is 2. The maximum atomic E-state index is 12.2. The molecule has 1 unspecified atom stereocenters. The number of hydrogen-bond donors (Lipinski definition) is 2. The van der Waals surface area contributed by atoms with Gasteiger partial charge >= 0.3 is 12.0 Å². The number of carbonyl (C=O) groups excluding carboxylic acids is 1. The molecule has 1 saturated heterocycles. The lowest BCUT2D eigenvalue weighted by Crippen LogP contribution is -2.46. The lowest BCUT2D eigenvalue weighted by atomic mass is 10.2.